The molecular weight excluding hydrogens is 291 g/mol. The third-order valence-electron chi connectivity index (χ3n) is 3.76. The zero-order chi connectivity index (χ0) is 16.5. The van der Waals surface area contributed by atoms with Crippen LogP contribution in [0, 0.1) is 0 Å². The molecule has 0 saturated carbocycles. The van der Waals surface area contributed by atoms with Crippen LogP contribution in [0.3, 0.4) is 0 Å². The van der Waals surface area contributed by atoms with E-state index >= 15 is 0 Å². The van der Waals surface area contributed by atoms with Crippen molar-refractivity contribution in [2.45, 2.75) is 51.9 Å². The Morgan fingerprint density at radius 2 is 2.00 bits per heavy atom. The summed E-state index contributed by atoms with van der Waals surface area (Å²) in [5, 5.41) is 10.3. The smallest absolute Gasteiger partial charge is 0.139 e. The second-order valence-electron chi connectivity index (χ2n) is 7.80. The fraction of sp³-hybridized carbons (Fsp3) is 0.562. The van der Waals surface area contributed by atoms with Crippen LogP contribution in [0.1, 0.15) is 19.4 Å². The highest BCUT2D eigenvalue weighted by Gasteiger charge is 2.21. The summed E-state index contributed by atoms with van der Waals surface area (Å²) in [5.74, 6) is 0. The second-order valence-corrected chi connectivity index (χ2v) is 13.4. The van der Waals surface area contributed by atoms with Crippen LogP contribution < -0.4 is 5.46 Å². The molecule has 22 heavy (non-hydrogen) atoms. The van der Waals surface area contributed by atoms with Gasteiger partial charge in [0.2, 0.25) is 0 Å². The predicted molar refractivity (Wildman–Crippen MR) is 97.3 cm³/mol. The minimum Gasteiger partial charge on any atom is -0.386 e. The van der Waals surface area contributed by atoms with Gasteiger partial charge in [0.15, 0.2) is 0 Å². The van der Waals surface area contributed by atoms with Crippen molar-refractivity contribution < 1.29 is 9.84 Å². The maximum absolute atomic E-state index is 10.3. The predicted octanol–water partition coefficient (Wildman–Crippen LogP) is 1.83. The molecule has 0 saturated heterocycles. The molecule has 0 amide bonds. The molecule has 120 valence electrons. The van der Waals surface area contributed by atoms with Gasteiger partial charge in [-0.1, -0.05) is 31.2 Å². The van der Waals surface area contributed by atoms with E-state index in [-0.39, 0.29) is 0 Å². The van der Waals surface area contributed by atoms with E-state index in [0.29, 0.717) is 6.73 Å². The number of benzene rings is 1. The zero-order valence-corrected chi connectivity index (χ0v) is 15.6. The molecule has 0 fully saturated rings. The van der Waals surface area contributed by atoms with Crippen LogP contribution in [0.25, 0.3) is 11.0 Å². The molecule has 2 aromatic rings. The molecule has 0 bridgehead atoms. The maximum atomic E-state index is 10.3. The van der Waals surface area contributed by atoms with E-state index in [2.05, 4.69) is 30.7 Å². The highest BCUT2D eigenvalue weighted by molar-refractivity contribution is 6.76. The summed E-state index contributed by atoms with van der Waals surface area (Å²) in [4.78, 5) is 4.49. The molecule has 0 aliphatic carbocycles. The molecule has 1 heterocycles. The Morgan fingerprint density at radius 1 is 1.32 bits per heavy atom. The number of aromatic nitrogens is 2. The zero-order valence-electron chi connectivity index (χ0n) is 14.6. The largest absolute Gasteiger partial charge is 0.386 e. The number of imidazole rings is 1. The maximum Gasteiger partial charge on any atom is 0.139 e. The lowest BCUT2D eigenvalue weighted by atomic mass is 9.88. The van der Waals surface area contributed by atoms with E-state index in [4.69, 9.17) is 4.74 Å². The van der Waals surface area contributed by atoms with Gasteiger partial charge >= 0.3 is 0 Å². The molecule has 0 atom stereocenters. The van der Waals surface area contributed by atoms with E-state index in [9.17, 15) is 5.11 Å². The van der Waals surface area contributed by atoms with Crippen LogP contribution in [0.2, 0.25) is 25.7 Å². The van der Waals surface area contributed by atoms with Crippen molar-refractivity contribution in [3.05, 3.63) is 24.0 Å². The lowest BCUT2D eigenvalue weighted by molar-refractivity contribution is 0.0800. The number of hydrogen-bond acceptors (Lipinski definition) is 3. The monoisotopic (exact) mass is 318 g/mol. The standard InChI is InChI=1S/C16H27BN2O2Si/c1-16(2,20)13-8-12(17)9-14-15(13)18-10-19(14)11-21-6-7-22(3,4)5/h8-10,20H,6-7,11,17H2,1-5H3. The molecule has 0 unspecified atom stereocenters. The Kier molecular flexibility index (Phi) is 4.85. The summed E-state index contributed by atoms with van der Waals surface area (Å²) in [5.41, 5.74) is 2.95. The Morgan fingerprint density at radius 3 is 2.59 bits per heavy atom. The number of aliphatic hydroxyl groups is 1. The summed E-state index contributed by atoms with van der Waals surface area (Å²) in [6.07, 6.45) is 1.80. The highest BCUT2D eigenvalue weighted by Crippen LogP contribution is 2.26. The van der Waals surface area contributed by atoms with Crippen molar-refractivity contribution in [1.82, 2.24) is 9.55 Å². The average Bonchev–Trinajstić information content (AvgIpc) is 2.74. The van der Waals surface area contributed by atoms with Crippen LogP contribution in [-0.4, -0.2) is 37.2 Å². The van der Waals surface area contributed by atoms with Gasteiger partial charge in [-0.05, 0) is 26.0 Å². The van der Waals surface area contributed by atoms with E-state index in [1.807, 2.05) is 18.5 Å². The fourth-order valence-electron chi connectivity index (χ4n) is 2.41. The molecule has 0 spiro atoms. The van der Waals surface area contributed by atoms with Gasteiger partial charge in [-0.15, -0.1) is 0 Å². The van der Waals surface area contributed by atoms with Crippen LogP contribution >= 0.6 is 0 Å². The SMILES string of the molecule is Bc1cc(C(C)(C)O)c2ncn(COCC[Si](C)(C)C)c2c1. The van der Waals surface area contributed by atoms with E-state index in [1.54, 1.807) is 20.2 Å². The second kappa shape index (κ2) is 6.18. The third kappa shape index (κ3) is 4.21. The van der Waals surface area contributed by atoms with Crippen LogP contribution in [0.5, 0.6) is 0 Å². The molecule has 1 N–H and O–H groups in total. The third-order valence-corrected chi connectivity index (χ3v) is 5.46. The van der Waals surface area contributed by atoms with Gasteiger partial charge in [0.05, 0.1) is 23.0 Å². The molecule has 4 nitrogen and oxygen atoms in total. The molecule has 6 heteroatoms. The lowest BCUT2D eigenvalue weighted by Crippen LogP contribution is -2.22. The van der Waals surface area contributed by atoms with Crippen molar-refractivity contribution in [2.24, 2.45) is 0 Å². The van der Waals surface area contributed by atoms with Crippen molar-refractivity contribution in [3.8, 4) is 0 Å². The summed E-state index contributed by atoms with van der Waals surface area (Å²) in [6.45, 7) is 11.9. The van der Waals surface area contributed by atoms with Crippen LogP contribution in [0.4, 0.5) is 0 Å². The number of nitrogens with zero attached hydrogens (tertiary/aromatic N) is 2. The van der Waals surface area contributed by atoms with E-state index in [0.717, 1.165) is 34.7 Å². The Balaban J connectivity index is 2.21. The van der Waals surface area contributed by atoms with E-state index in [1.165, 1.54) is 0 Å². The summed E-state index contributed by atoms with van der Waals surface area (Å²) in [7, 11) is 0.981. The minimum absolute atomic E-state index is 0.510. The molecule has 0 aliphatic heterocycles. The first-order chi connectivity index (χ1) is 10.1. The lowest BCUT2D eigenvalue weighted by Gasteiger charge is -2.19. The van der Waals surface area contributed by atoms with Gasteiger partial charge < -0.3 is 14.4 Å². The number of rotatable bonds is 6. The minimum atomic E-state index is -1.06. The summed E-state index contributed by atoms with van der Waals surface area (Å²) >= 11 is 0. The topological polar surface area (TPSA) is 47.3 Å². The fourth-order valence-corrected chi connectivity index (χ4v) is 3.17. The summed E-state index contributed by atoms with van der Waals surface area (Å²) < 4.78 is 7.84. The molecule has 2 rings (SSSR count). The van der Waals surface area contributed by atoms with Crippen LogP contribution in [-0.2, 0) is 17.1 Å². The molecule has 1 aromatic carbocycles. The number of fused-ring (bicyclic) bond motifs is 1. The van der Waals surface area contributed by atoms with Crippen molar-refractivity contribution in [1.29, 1.82) is 0 Å². The van der Waals surface area contributed by atoms with Gasteiger partial charge in [-0.25, -0.2) is 4.98 Å². The Bertz CT molecular complexity index is 656. The molecule has 0 aliphatic rings. The Labute approximate surface area is 134 Å². The number of ether oxygens (including phenoxy) is 1. The normalized spacial score (nSPS) is 13.0. The van der Waals surface area contributed by atoms with Crippen LogP contribution in [0.15, 0.2) is 18.5 Å². The average molecular weight is 318 g/mol. The van der Waals surface area contributed by atoms with Gasteiger partial charge in [0, 0.05) is 20.2 Å². The van der Waals surface area contributed by atoms with Gasteiger partial charge in [0.1, 0.15) is 14.6 Å². The van der Waals surface area contributed by atoms with Gasteiger partial charge in [0.25, 0.3) is 0 Å². The molecular formula is C16H27BN2O2Si. The molecule has 1 aromatic heterocycles. The first kappa shape index (κ1) is 17.2. The van der Waals surface area contributed by atoms with Crippen molar-refractivity contribution in [2.75, 3.05) is 6.61 Å². The highest BCUT2D eigenvalue weighted by atomic mass is 28.3. The first-order valence-corrected chi connectivity index (χ1v) is 11.5. The Hall–Kier alpha value is -1.11. The summed E-state index contributed by atoms with van der Waals surface area (Å²) in [6, 6.07) is 5.26. The van der Waals surface area contributed by atoms with Gasteiger partial charge in [-0.2, -0.15) is 0 Å². The first-order valence-electron chi connectivity index (χ1n) is 7.84. The quantitative estimate of drug-likeness (QED) is 0.653. The van der Waals surface area contributed by atoms with Crippen molar-refractivity contribution >= 4 is 32.4 Å². The van der Waals surface area contributed by atoms with Crippen molar-refractivity contribution in [3.63, 3.8) is 0 Å². The molecule has 0 radical (unpaired) electrons. The van der Waals surface area contributed by atoms with Gasteiger partial charge in [-0.3, -0.25) is 0 Å². The number of hydrogen-bond donors (Lipinski definition) is 1. The van der Waals surface area contributed by atoms with E-state index < -0.39 is 13.7 Å².